The van der Waals surface area contributed by atoms with Crippen molar-refractivity contribution in [1.82, 2.24) is 5.32 Å². The van der Waals surface area contributed by atoms with Gasteiger partial charge in [-0.05, 0) is 55.2 Å². The van der Waals surface area contributed by atoms with Crippen molar-refractivity contribution in [3.63, 3.8) is 0 Å². The lowest BCUT2D eigenvalue weighted by molar-refractivity contribution is -0.119. The lowest BCUT2D eigenvalue weighted by Gasteiger charge is -2.24. The number of nitrogens with two attached hydrogens (primary N) is 1. The molecule has 9 heteroatoms. The molecule has 0 bridgehead atoms. The van der Waals surface area contributed by atoms with Gasteiger partial charge in [0.05, 0.1) is 10.6 Å². The van der Waals surface area contributed by atoms with Crippen LogP contribution in [-0.4, -0.2) is 32.5 Å². The zero-order valence-electron chi connectivity index (χ0n) is 16.9. The first-order valence-electron chi connectivity index (χ1n) is 9.53. The van der Waals surface area contributed by atoms with Crippen molar-refractivity contribution in [2.75, 3.05) is 11.6 Å². The van der Waals surface area contributed by atoms with E-state index < -0.39 is 10.0 Å². The molecule has 8 nitrogen and oxygen atoms in total. The molecule has 0 atom stereocenters. The Bertz CT molecular complexity index is 1110. The van der Waals surface area contributed by atoms with Crippen LogP contribution in [0.4, 0.5) is 5.69 Å². The molecule has 3 rings (SSSR count). The van der Waals surface area contributed by atoms with E-state index in [2.05, 4.69) is 10.4 Å². The lowest BCUT2D eigenvalue weighted by atomic mass is 10.1. The summed E-state index contributed by atoms with van der Waals surface area (Å²) in [6, 6.07) is 11.9. The number of hydrogen-bond acceptors (Lipinski definition) is 5. The molecule has 1 aliphatic heterocycles. The van der Waals surface area contributed by atoms with Gasteiger partial charge < -0.3 is 5.32 Å². The summed E-state index contributed by atoms with van der Waals surface area (Å²) in [6.07, 6.45) is 1.02. The standard InChI is InChI=1S/C21H24N4O4S/c1-14-3-4-15(2)19(13-14)25-20(26)10-9-18(24-25)21(27)23-12-11-16-5-7-17(8-6-16)30(22,28)29/h3-8,13H,9-12H2,1-2H3,(H,23,27)(H2,22,28,29). The molecule has 3 N–H and O–H groups in total. The molecular weight excluding hydrogens is 404 g/mol. The highest BCUT2D eigenvalue weighted by Gasteiger charge is 2.26. The van der Waals surface area contributed by atoms with E-state index in [0.29, 0.717) is 24.4 Å². The van der Waals surface area contributed by atoms with Crippen LogP contribution in [0.1, 0.15) is 29.5 Å². The number of nitrogens with zero attached hydrogens (tertiary/aromatic N) is 2. The van der Waals surface area contributed by atoms with Crippen molar-refractivity contribution in [2.45, 2.75) is 38.0 Å². The van der Waals surface area contributed by atoms with Gasteiger partial charge in [-0.1, -0.05) is 24.3 Å². The second kappa shape index (κ2) is 8.76. The lowest BCUT2D eigenvalue weighted by Crippen LogP contribution is -2.39. The van der Waals surface area contributed by atoms with Crippen molar-refractivity contribution < 1.29 is 18.0 Å². The molecule has 1 aliphatic rings. The highest BCUT2D eigenvalue weighted by molar-refractivity contribution is 7.89. The van der Waals surface area contributed by atoms with Gasteiger partial charge in [0.2, 0.25) is 15.9 Å². The molecule has 2 aromatic rings. The number of carbonyl (C=O) groups excluding carboxylic acids is 2. The maximum Gasteiger partial charge on any atom is 0.267 e. The fourth-order valence-corrected chi connectivity index (χ4v) is 3.64. The van der Waals surface area contributed by atoms with Gasteiger partial charge in [-0.25, -0.2) is 18.6 Å². The first kappa shape index (κ1) is 21.7. The molecule has 0 unspecified atom stereocenters. The monoisotopic (exact) mass is 428 g/mol. The van der Waals surface area contributed by atoms with E-state index >= 15 is 0 Å². The quantitative estimate of drug-likeness (QED) is 0.728. The number of benzene rings is 2. The number of sulfonamides is 1. The van der Waals surface area contributed by atoms with Gasteiger partial charge in [-0.2, -0.15) is 5.10 Å². The van der Waals surface area contributed by atoms with E-state index in [4.69, 9.17) is 5.14 Å². The number of amides is 2. The van der Waals surface area contributed by atoms with Gasteiger partial charge in [-0.15, -0.1) is 0 Å². The number of primary sulfonamides is 1. The van der Waals surface area contributed by atoms with Crippen molar-refractivity contribution in [1.29, 1.82) is 0 Å². The van der Waals surface area contributed by atoms with Crippen molar-refractivity contribution >= 4 is 33.2 Å². The molecule has 0 saturated carbocycles. The predicted molar refractivity (Wildman–Crippen MR) is 115 cm³/mol. The Morgan fingerprint density at radius 2 is 1.83 bits per heavy atom. The number of carbonyl (C=O) groups is 2. The third-order valence-electron chi connectivity index (χ3n) is 4.84. The minimum absolute atomic E-state index is 0.0445. The SMILES string of the molecule is Cc1ccc(C)c(N2N=C(C(=O)NCCc3ccc(S(N)(=O)=O)cc3)CCC2=O)c1. The molecule has 1 heterocycles. The highest BCUT2D eigenvalue weighted by Crippen LogP contribution is 2.25. The van der Waals surface area contributed by atoms with Crippen LogP contribution in [0.15, 0.2) is 52.5 Å². The van der Waals surface area contributed by atoms with E-state index in [-0.39, 0.29) is 29.6 Å². The zero-order chi connectivity index (χ0) is 21.9. The number of hydrogen-bond donors (Lipinski definition) is 2. The van der Waals surface area contributed by atoms with E-state index in [0.717, 1.165) is 16.7 Å². The summed E-state index contributed by atoms with van der Waals surface area (Å²) in [5.41, 5.74) is 3.76. The normalized spacial score (nSPS) is 14.4. The largest absolute Gasteiger partial charge is 0.351 e. The Labute approximate surface area is 175 Å². The maximum absolute atomic E-state index is 12.5. The summed E-state index contributed by atoms with van der Waals surface area (Å²) in [5.74, 6) is -0.464. The van der Waals surface area contributed by atoms with Crippen molar-refractivity contribution in [3.05, 3.63) is 59.2 Å². The second-order valence-electron chi connectivity index (χ2n) is 7.24. The van der Waals surface area contributed by atoms with Crippen LogP contribution in [0.25, 0.3) is 0 Å². The molecule has 158 valence electrons. The van der Waals surface area contributed by atoms with Gasteiger partial charge in [0.1, 0.15) is 5.71 Å². The Kier molecular flexibility index (Phi) is 6.33. The molecule has 0 radical (unpaired) electrons. The zero-order valence-corrected chi connectivity index (χ0v) is 17.7. The fourth-order valence-electron chi connectivity index (χ4n) is 3.12. The molecule has 2 amide bonds. The topological polar surface area (TPSA) is 122 Å². The molecule has 0 spiro atoms. The van der Waals surface area contributed by atoms with Crippen LogP contribution in [0.3, 0.4) is 0 Å². The number of aryl methyl sites for hydroxylation is 2. The Hall–Kier alpha value is -3.04. The Morgan fingerprint density at radius 3 is 2.50 bits per heavy atom. The van der Waals surface area contributed by atoms with Gasteiger partial charge >= 0.3 is 0 Å². The average molecular weight is 429 g/mol. The van der Waals surface area contributed by atoms with Gasteiger partial charge in [0.25, 0.3) is 5.91 Å². The third kappa shape index (κ3) is 5.11. The summed E-state index contributed by atoms with van der Waals surface area (Å²) in [5, 5.41) is 13.5. The number of rotatable bonds is 6. The van der Waals surface area contributed by atoms with Crippen molar-refractivity contribution in [3.8, 4) is 0 Å². The first-order valence-corrected chi connectivity index (χ1v) is 11.1. The predicted octanol–water partition coefficient (Wildman–Crippen LogP) is 1.79. The third-order valence-corrected chi connectivity index (χ3v) is 5.77. The summed E-state index contributed by atoms with van der Waals surface area (Å²) < 4.78 is 22.6. The smallest absolute Gasteiger partial charge is 0.267 e. The molecule has 2 aromatic carbocycles. The van der Waals surface area contributed by atoms with E-state index in [9.17, 15) is 18.0 Å². The van der Waals surface area contributed by atoms with Crippen LogP contribution in [-0.2, 0) is 26.0 Å². The van der Waals surface area contributed by atoms with Crippen LogP contribution in [0, 0.1) is 13.8 Å². The molecule has 30 heavy (non-hydrogen) atoms. The number of hydrazone groups is 1. The van der Waals surface area contributed by atoms with Crippen molar-refractivity contribution in [2.24, 2.45) is 10.2 Å². The summed E-state index contributed by atoms with van der Waals surface area (Å²) in [6.45, 7) is 4.18. The summed E-state index contributed by atoms with van der Waals surface area (Å²) in [7, 11) is -3.72. The first-order chi connectivity index (χ1) is 14.1. The van der Waals surface area contributed by atoms with E-state index in [1.807, 2.05) is 32.0 Å². The van der Waals surface area contributed by atoms with Crippen LogP contribution in [0.5, 0.6) is 0 Å². The van der Waals surface area contributed by atoms with E-state index in [1.165, 1.54) is 17.1 Å². The second-order valence-corrected chi connectivity index (χ2v) is 8.80. The van der Waals surface area contributed by atoms with Crippen LogP contribution < -0.4 is 15.5 Å². The van der Waals surface area contributed by atoms with Gasteiger partial charge in [-0.3, -0.25) is 9.59 Å². The molecule has 0 fully saturated rings. The summed E-state index contributed by atoms with van der Waals surface area (Å²) >= 11 is 0. The maximum atomic E-state index is 12.5. The van der Waals surface area contributed by atoms with E-state index in [1.54, 1.807) is 12.1 Å². The minimum Gasteiger partial charge on any atom is -0.351 e. The number of nitrogens with one attached hydrogen (secondary N) is 1. The van der Waals surface area contributed by atoms with Crippen LogP contribution >= 0.6 is 0 Å². The summed E-state index contributed by atoms with van der Waals surface area (Å²) in [4.78, 5) is 24.9. The molecule has 0 aliphatic carbocycles. The average Bonchev–Trinajstić information content (AvgIpc) is 2.70. The Morgan fingerprint density at radius 1 is 1.13 bits per heavy atom. The fraction of sp³-hybridized carbons (Fsp3) is 0.286. The number of anilines is 1. The molecular formula is C21H24N4O4S. The highest BCUT2D eigenvalue weighted by atomic mass is 32.2. The van der Waals surface area contributed by atoms with Crippen LogP contribution in [0.2, 0.25) is 0 Å². The van der Waals surface area contributed by atoms with Gasteiger partial charge in [0.15, 0.2) is 0 Å². The van der Waals surface area contributed by atoms with Gasteiger partial charge in [0, 0.05) is 19.4 Å². The Balaban J connectivity index is 1.65. The minimum atomic E-state index is -3.72. The molecule has 0 saturated heterocycles. The molecule has 0 aromatic heterocycles.